The quantitative estimate of drug-likeness (QED) is 0.755. The highest BCUT2D eigenvalue weighted by molar-refractivity contribution is 7.89. The second-order valence-corrected chi connectivity index (χ2v) is 10.3. The highest BCUT2D eigenvalue weighted by Gasteiger charge is 2.36. The maximum absolute atomic E-state index is 13.0. The van der Waals surface area contributed by atoms with Gasteiger partial charge in [0, 0.05) is 50.5 Å². The van der Waals surface area contributed by atoms with E-state index in [2.05, 4.69) is 15.2 Å². The zero-order chi connectivity index (χ0) is 21.1. The Morgan fingerprint density at radius 2 is 1.73 bits per heavy atom. The summed E-state index contributed by atoms with van der Waals surface area (Å²) in [5.74, 6) is 1.13. The summed E-state index contributed by atoms with van der Waals surface area (Å²) in [6.45, 7) is 6.81. The van der Waals surface area contributed by atoms with Crippen molar-refractivity contribution >= 4 is 21.6 Å². The van der Waals surface area contributed by atoms with Gasteiger partial charge in [0.15, 0.2) is 0 Å². The summed E-state index contributed by atoms with van der Waals surface area (Å²) < 4.78 is 27.7. The minimum atomic E-state index is -3.50. The zero-order valence-corrected chi connectivity index (χ0v) is 18.7. The molecule has 1 atom stereocenters. The molecule has 1 aromatic heterocycles. The molecule has 2 aliphatic heterocycles. The predicted molar refractivity (Wildman–Crippen MR) is 117 cm³/mol. The summed E-state index contributed by atoms with van der Waals surface area (Å²) in [5, 5.41) is 3.95. The van der Waals surface area contributed by atoms with Crippen LogP contribution in [0.1, 0.15) is 30.4 Å². The molecule has 1 unspecified atom stereocenters. The van der Waals surface area contributed by atoms with Crippen LogP contribution in [0.5, 0.6) is 0 Å². The van der Waals surface area contributed by atoms with E-state index in [9.17, 15) is 8.42 Å². The molecular formula is C21H28ClN5O2S. The summed E-state index contributed by atoms with van der Waals surface area (Å²) in [7, 11) is -3.50. The Morgan fingerprint density at radius 1 is 1.07 bits per heavy atom. The number of nitrogens with zero attached hydrogens (tertiary/aromatic N) is 4. The van der Waals surface area contributed by atoms with E-state index in [0.29, 0.717) is 28.9 Å². The zero-order valence-electron chi connectivity index (χ0n) is 17.2. The van der Waals surface area contributed by atoms with E-state index in [1.54, 1.807) is 28.6 Å². The maximum Gasteiger partial charge on any atom is 0.243 e. The van der Waals surface area contributed by atoms with Crippen LogP contribution in [0.15, 0.2) is 41.4 Å². The van der Waals surface area contributed by atoms with Gasteiger partial charge in [0.05, 0.1) is 16.6 Å². The van der Waals surface area contributed by atoms with Crippen LogP contribution in [-0.4, -0.2) is 66.9 Å². The van der Waals surface area contributed by atoms with Crippen molar-refractivity contribution in [3.05, 3.63) is 53.1 Å². The van der Waals surface area contributed by atoms with Gasteiger partial charge in [-0.1, -0.05) is 11.6 Å². The van der Waals surface area contributed by atoms with Gasteiger partial charge in [-0.2, -0.15) is 4.31 Å². The van der Waals surface area contributed by atoms with Gasteiger partial charge in [0.25, 0.3) is 0 Å². The average molecular weight is 450 g/mol. The maximum atomic E-state index is 13.0. The third kappa shape index (κ3) is 4.68. The Hall–Kier alpha value is -1.58. The molecule has 162 valence electrons. The molecule has 9 heteroatoms. The monoisotopic (exact) mass is 449 g/mol. The van der Waals surface area contributed by atoms with Crippen molar-refractivity contribution in [1.82, 2.24) is 24.5 Å². The molecular weight excluding hydrogens is 422 g/mol. The number of benzene rings is 1. The number of halogens is 1. The number of rotatable bonds is 5. The number of piperidine rings is 1. The van der Waals surface area contributed by atoms with E-state index in [0.717, 1.165) is 50.5 Å². The molecule has 0 spiro atoms. The molecule has 0 aliphatic carbocycles. The molecule has 1 aromatic carbocycles. The van der Waals surface area contributed by atoms with Gasteiger partial charge in [-0.05, 0) is 56.0 Å². The second kappa shape index (κ2) is 9.28. The highest BCUT2D eigenvalue weighted by Crippen LogP contribution is 2.36. The molecule has 3 heterocycles. The van der Waals surface area contributed by atoms with Crippen LogP contribution in [0.3, 0.4) is 0 Å². The Morgan fingerprint density at radius 3 is 2.37 bits per heavy atom. The standard InChI is InChI=1S/C21H28ClN5O2S/c1-16-24-9-6-20(25-16)21(26-14-10-23-11-15-26)17-7-12-27(13-8-17)30(28,29)19-4-2-18(22)3-5-19/h2-6,9,17,21,23H,7-8,10-15H2,1H3. The van der Waals surface area contributed by atoms with Crippen LogP contribution < -0.4 is 5.32 Å². The summed E-state index contributed by atoms with van der Waals surface area (Å²) in [5.41, 5.74) is 1.04. The number of hydrogen-bond donors (Lipinski definition) is 1. The summed E-state index contributed by atoms with van der Waals surface area (Å²) in [6, 6.07) is 8.61. The van der Waals surface area contributed by atoms with Crippen molar-refractivity contribution in [3.63, 3.8) is 0 Å². The fourth-order valence-corrected chi connectivity index (χ4v) is 6.11. The van der Waals surface area contributed by atoms with Crippen LogP contribution in [0.4, 0.5) is 0 Å². The van der Waals surface area contributed by atoms with Crippen LogP contribution in [0.2, 0.25) is 5.02 Å². The van der Waals surface area contributed by atoms with Crippen molar-refractivity contribution in [3.8, 4) is 0 Å². The molecule has 2 aromatic rings. The minimum absolute atomic E-state index is 0.189. The van der Waals surface area contributed by atoms with E-state index in [-0.39, 0.29) is 6.04 Å². The van der Waals surface area contributed by atoms with Gasteiger partial charge in [-0.25, -0.2) is 18.4 Å². The lowest BCUT2D eigenvalue weighted by molar-refractivity contribution is 0.0919. The molecule has 30 heavy (non-hydrogen) atoms. The average Bonchev–Trinajstić information content (AvgIpc) is 2.75. The molecule has 2 saturated heterocycles. The number of hydrogen-bond acceptors (Lipinski definition) is 6. The van der Waals surface area contributed by atoms with Crippen LogP contribution in [0, 0.1) is 12.8 Å². The summed E-state index contributed by atoms with van der Waals surface area (Å²) in [4.78, 5) is 11.8. The first kappa shape index (κ1) is 21.6. The normalized spacial score (nSPS) is 20.9. The molecule has 0 radical (unpaired) electrons. The van der Waals surface area contributed by atoms with Gasteiger partial charge in [-0.3, -0.25) is 4.90 Å². The van der Waals surface area contributed by atoms with E-state index < -0.39 is 10.0 Å². The number of aryl methyl sites for hydroxylation is 1. The van der Waals surface area contributed by atoms with Gasteiger partial charge >= 0.3 is 0 Å². The van der Waals surface area contributed by atoms with Gasteiger partial charge in [0.1, 0.15) is 5.82 Å². The lowest BCUT2D eigenvalue weighted by Crippen LogP contribution is -2.49. The first-order valence-corrected chi connectivity index (χ1v) is 12.3. The largest absolute Gasteiger partial charge is 0.314 e. The van der Waals surface area contributed by atoms with Crippen LogP contribution in [-0.2, 0) is 10.0 Å². The van der Waals surface area contributed by atoms with Gasteiger partial charge < -0.3 is 5.32 Å². The van der Waals surface area contributed by atoms with Crippen molar-refractivity contribution < 1.29 is 8.42 Å². The molecule has 0 amide bonds. The van der Waals surface area contributed by atoms with E-state index >= 15 is 0 Å². The SMILES string of the molecule is Cc1nccc(C(C2CCN(S(=O)(=O)c3ccc(Cl)cc3)CC2)N2CCNCC2)n1. The number of nitrogens with one attached hydrogen (secondary N) is 1. The van der Waals surface area contributed by atoms with Crippen molar-refractivity contribution in [2.24, 2.45) is 5.92 Å². The van der Waals surface area contributed by atoms with E-state index in [4.69, 9.17) is 16.6 Å². The smallest absolute Gasteiger partial charge is 0.243 e. The fourth-order valence-electron chi connectivity index (χ4n) is 4.51. The minimum Gasteiger partial charge on any atom is -0.314 e. The Bertz CT molecular complexity index is 956. The lowest BCUT2D eigenvalue weighted by Gasteiger charge is -2.42. The highest BCUT2D eigenvalue weighted by atomic mass is 35.5. The molecule has 2 aliphatic rings. The number of aromatic nitrogens is 2. The van der Waals surface area contributed by atoms with Crippen LogP contribution >= 0.6 is 11.6 Å². The molecule has 4 rings (SSSR count). The molecule has 2 fully saturated rings. The molecule has 0 saturated carbocycles. The topological polar surface area (TPSA) is 78.4 Å². The van der Waals surface area contributed by atoms with Crippen molar-refractivity contribution in [2.75, 3.05) is 39.3 Å². The third-order valence-corrected chi connectivity index (χ3v) is 8.21. The predicted octanol–water partition coefficient (Wildman–Crippen LogP) is 2.49. The fraction of sp³-hybridized carbons (Fsp3) is 0.524. The Labute approximate surface area is 183 Å². The van der Waals surface area contributed by atoms with Crippen LogP contribution in [0.25, 0.3) is 0 Å². The van der Waals surface area contributed by atoms with Crippen molar-refractivity contribution in [2.45, 2.75) is 30.7 Å². The van der Waals surface area contributed by atoms with Crippen molar-refractivity contribution in [1.29, 1.82) is 0 Å². The Kier molecular flexibility index (Phi) is 6.69. The first-order valence-electron chi connectivity index (χ1n) is 10.5. The van der Waals surface area contributed by atoms with E-state index in [1.807, 2.05) is 19.2 Å². The third-order valence-electron chi connectivity index (χ3n) is 6.04. The first-order chi connectivity index (χ1) is 14.4. The molecule has 1 N–H and O–H groups in total. The number of sulfonamides is 1. The second-order valence-electron chi connectivity index (χ2n) is 7.95. The number of piperazine rings is 1. The van der Waals surface area contributed by atoms with E-state index in [1.165, 1.54) is 0 Å². The lowest BCUT2D eigenvalue weighted by atomic mass is 9.86. The van der Waals surface area contributed by atoms with Gasteiger partial charge in [-0.15, -0.1) is 0 Å². The molecule has 0 bridgehead atoms. The summed E-state index contributed by atoms with van der Waals surface area (Å²) >= 11 is 5.92. The Balaban J connectivity index is 1.51. The molecule has 7 nitrogen and oxygen atoms in total. The summed E-state index contributed by atoms with van der Waals surface area (Å²) in [6.07, 6.45) is 3.45. The van der Waals surface area contributed by atoms with Gasteiger partial charge in [0.2, 0.25) is 10.0 Å².